The maximum atomic E-state index is 12.1. The second kappa shape index (κ2) is 10.6. The third-order valence-electron chi connectivity index (χ3n) is 4.56. The summed E-state index contributed by atoms with van der Waals surface area (Å²) in [5.41, 5.74) is 5.16. The van der Waals surface area contributed by atoms with E-state index in [9.17, 15) is 9.90 Å². The number of nitrogens with one attached hydrogen (secondary N) is 1. The van der Waals surface area contributed by atoms with E-state index < -0.39 is 0 Å². The first-order chi connectivity index (χ1) is 15.6. The largest absolute Gasteiger partial charge is 0.508 e. The van der Waals surface area contributed by atoms with Gasteiger partial charge in [0.1, 0.15) is 5.75 Å². The van der Waals surface area contributed by atoms with Crippen LogP contribution in [0.5, 0.6) is 5.75 Å². The molecule has 0 atom stereocenters. The van der Waals surface area contributed by atoms with Gasteiger partial charge in [0.25, 0.3) is 5.91 Å². The quantitative estimate of drug-likeness (QED) is 0.202. The minimum atomic E-state index is -0.227. The van der Waals surface area contributed by atoms with E-state index in [1.165, 1.54) is 39.4 Å². The fraction of sp³-hybridized carbons (Fsp3) is 0.130. The number of nitrogens with zero attached hydrogens (tertiary/aromatic N) is 3. The lowest BCUT2D eigenvalue weighted by Gasteiger charge is -2.04. The molecule has 162 valence electrons. The van der Waals surface area contributed by atoms with Crippen LogP contribution in [0.15, 0.2) is 80.5 Å². The van der Waals surface area contributed by atoms with E-state index in [0.717, 1.165) is 20.0 Å². The Hall–Kier alpha value is -2.88. The molecule has 0 aliphatic rings. The van der Waals surface area contributed by atoms with Gasteiger partial charge in [0.2, 0.25) is 0 Å². The van der Waals surface area contributed by atoms with Crippen LogP contribution in [0.3, 0.4) is 0 Å². The molecule has 32 heavy (non-hydrogen) atoms. The monoisotopic (exact) mass is 480 g/mol. The van der Waals surface area contributed by atoms with Gasteiger partial charge in [-0.25, -0.2) is 5.43 Å². The lowest BCUT2D eigenvalue weighted by Crippen LogP contribution is -2.21. The van der Waals surface area contributed by atoms with Crippen LogP contribution in [-0.4, -0.2) is 32.7 Å². The van der Waals surface area contributed by atoms with Gasteiger partial charge >= 0.3 is 0 Å². The van der Waals surface area contributed by atoms with E-state index in [-0.39, 0.29) is 17.4 Å². The van der Waals surface area contributed by atoms with Crippen LogP contribution in [0.25, 0.3) is 10.8 Å². The second-order valence-electron chi connectivity index (χ2n) is 6.83. The molecule has 2 N–H and O–H groups in total. The summed E-state index contributed by atoms with van der Waals surface area (Å²) in [5.74, 6) is 0.933. The van der Waals surface area contributed by atoms with Crippen molar-refractivity contribution < 1.29 is 9.90 Å². The van der Waals surface area contributed by atoms with Crippen LogP contribution >= 0.6 is 34.9 Å². The van der Waals surface area contributed by atoms with Gasteiger partial charge < -0.3 is 5.11 Å². The van der Waals surface area contributed by atoms with Gasteiger partial charge in [-0.15, -0.1) is 10.2 Å². The number of benzene rings is 3. The van der Waals surface area contributed by atoms with Crippen molar-refractivity contribution in [1.82, 2.24) is 15.6 Å². The standard InChI is InChI=1S/C23H20N4O2S3/c1-15(17-8-5-10-19(28)12-17)24-25-21(29)14-31-23-27-26-22(32-23)30-13-18-9-4-7-16-6-2-3-11-20(16)18/h2-12,28H,13-14H2,1H3,(H,25,29)/b24-15-. The highest BCUT2D eigenvalue weighted by molar-refractivity contribution is 8.03. The maximum absolute atomic E-state index is 12.1. The third kappa shape index (κ3) is 5.87. The number of hydrazone groups is 1. The number of hydrogen-bond acceptors (Lipinski definition) is 8. The molecular formula is C23H20N4O2S3. The zero-order chi connectivity index (χ0) is 22.3. The predicted molar refractivity (Wildman–Crippen MR) is 133 cm³/mol. The van der Waals surface area contributed by atoms with E-state index in [0.29, 0.717) is 5.71 Å². The molecule has 0 saturated carbocycles. The zero-order valence-electron chi connectivity index (χ0n) is 17.2. The van der Waals surface area contributed by atoms with Crippen molar-refractivity contribution in [2.45, 2.75) is 21.4 Å². The SMILES string of the molecule is C/C(=N/NC(=O)CSc1nnc(SCc2cccc3ccccc23)s1)c1cccc(O)c1. The van der Waals surface area contributed by atoms with Crippen molar-refractivity contribution >= 4 is 57.3 Å². The predicted octanol–water partition coefficient (Wildman–Crippen LogP) is 5.32. The molecule has 4 rings (SSSR count). The molecule has 9 heteroatoms. The average molecular weight is 481 g/mol. The maximum Gasteiger partial charge on any atom is 0.250 e. The number of rotatable bonds is 8. The lowest BCUT2D eigenvalue weighted by molar-refractivity contribution is -0.118. The van der Waals surface area contributed by atoms with E-state index in [4.69, 9.17) is 0 Å². The zero-order valence-corrected chi connectivity index (χ0v) is 19.6. The smallest absolute Gasteiger partial charge is 0.250 e. The van der Waals surface area contributed by atoms with Crippen LogP contribution in [-0.2, 0) is 10.5 Å². The topological polar surface area (TPSA) is 87.5 Å². The molecule has 0 spiro atoms. The number of carbonyl (C=O) groups is 1. The minimum absolute atomic E-state index is 0.157. The van der Waals surface area contributed by atoms with E-state index >= 15 is 0 Å². The van der Waals surface area contributed by atoms with Crippen molar-refractivity contribution in [2.24, 2.45) is 5.10 Å². The molecule has 1 amide bonds. The van der Waals surface area contributed by atoms with Crippen LogP contribution in [0.1, 0.15) is 18.1 Å². The molecule has 0 aliphatic heterocycles. The summed E-state index contributed by atoms with van der Waals surface area (Å²) in [5, 5.41) is 24.5. The molecule has 0 radical (unpaired) electrons. The summed E-state index contributed by atoms with van der Waals surface area (Å²) >= 11 is 4.46. The first-order valence-electron chi connectivity index (χ1n) is 9.77. The first-order valence-corrected chi connectivity index (χ1v) is 12.6. The van der Waals surface area contributed by atoms with Gasteiger partial charge in [-0.3, -0.25) is 4.79 Å². The van der Waals surface area contributed by atoms with Crippen molar-refractivity contribution in [3.63, 3.8) is 0 Å². The molecule has 1 aromatic heterocycles. The normalized spacial score (nSPS) is 11.6. The highest BCUT2D eigenvalue weighted by atomic mass is 32.2. The van der Waals surface area contributed by atoms with Crippen LogP contribution < -0.4 is 5.43 Å². The summed E-state index contributed by atoms with van der Waals surface area (Å²) in [6.07, 6.45) is 0. The van der Waals surface area contributed by atoms with Gasteiger partial charge in [-0.05, 0) is 35.4 Å². The first kappa shape index (κ1) is 22.3. The Balaban J connectivity index is 1.28. The summed E-state index contributed by atoms with van der Waals surface area (Å²) in [7, 11) is 0. The van der Waals surface area contributed by atoms with E-state index in [1.807, 2.05) is 12.1 Å². The van der Waals surface area contributed by atoms with E-state index in [1.54, 1.807) is 36.9 Å². The number of aromatic nitrogens is 2. The van der Waals surface area contributed by atoms with Gasteiger partial charge in [0.05, 0.1) is 11.5 Å². The molecule has 0 unspecified atom stereocenters. The fourth-order valence-corrected chi connectivity index (χ4v) is 5.79. The third-order valence-corrected chi connectivity index (χ3v) is 7.80. The number of aromatic hydroxyl groups is 1. The minimum Gasteiger partial charge on any atom is -0.508 e. The van der Waals surface area contributed by atoms with Gasteiger partial charge in [0, 0.05) is 11.3 Å². The van der Waals surface area contributed by atoms with Crippen molar-refractivity contribution in [3.8, 4) is 5.75 Å². The molecule has 0 aliphatic carbocycles. The van der Waals surface area contributed by atoms with Gasteiger partial charge in [0.15, 0.2) is 8.68 Å². The lowest BCUT2D eigenvalue weighted by atomic mass is 10.1. The molecule has 6 nitrogen and oxygen atoms in total. The number of amides is 1. The number of carbonyl (C=O) groups excluding carboxylic acids is 1. The molecule has 4 aromatic rings. The second-order valence-corrected chi connectivity index (χ2v) is 10.3. The van der Waals surface area contributed by atoms with Crippen molar-refractivity contribution in [3.05, 3.63) is 77.9 Å². The molecular weight excluding hydrogens is 460 g/mol. The highest BCUT2D eigenvalue weighted by Crippen LogP contribution is 2.32. The van der Waals surface area contributed by atoms with Crippen molar-refractivity contribution in [1.29, 1.82) is 0 Å². The summed E-state index contributed by atoms with van der Waals surface area (Å²) in [6, 6.07) is 21.4. The molecule has 1 heterocycles. The number of hydrogen-bond donors (Lipinski definition) is 2. The Bertz CT molecular complexity index is 1270. The Morgan fingerprint density at radius 2 is 1.78 bits per heavy atom. The number of phenolic OH excluding ortho intramolecular Hbond substituents is 1. The molecule has 0 fully saturated rings. The van der Waals surface area contributed by atoms with Gasteiger partial charge in [-0.1, -0.05) is 89.5 Å². The highest BCUT2D eigenvalue weighted by Gasteiger charge is 2.10. The molecule has 0 bridgehead atoms. The Labute approximate surface area is 198 Å². The molecule has 3 aromatic carbocycles. The summed E-state index contributed by atoms with van der Waals surface area (Å²) < 4.78 is 1.62. The van der Waals surface area contributed by atoms with Crippen molar-refractivity contribution in [2.75, 3.05) is 5.75 Å². The van der Waals surface area contributed by atoms with Crippen LogP contribution in [0.2, 0.25) is 0 Å². The van der Waals surface area contributed by atoms with E-state index in [2.05, 4.69) is 57.1 Å². The van der Waals surface area contributed by atoms with Gasteiger partial charge in [-0.2, -0.15) is 5.10 Å². The number of fused-ring (bicyclic) bond motifs is 1. The fourth-order valence-electron chi connectivity index (χ4n) is 2.97. The van der Waals surface area contributed by atoms with Crippen LogP contribution in [0.4, 0.5) is 0 Å². The Morgan fingerprint density at radius 1 is 1.03 bits per heavy atom. The number of phenols is 1. The average Bonchev–Trinajstić information content (AvgIpc) is 3.27. The number of thioether (sulfide) groups is 2. The summed E-state index contributed by atoms with van der Waals surface area (Å²) in [6.45, 7) is 1.77. The summed E-state index contributed by atoms with van der Waals surface area (Å²) in [4.78, 5) is 12.1. The van der Waals surface area contributed by atoms with Crippen LogP contribution in [0, 0.1) is 0 Å². The Morgan fingerprint density at radius 3 is 2.62 bits per heavy atom. The molecule has 0 saturated heterocycles. The Kier molecular flexibility index (Phi) is 7.41.